The Kier molecular flexibility index (Phi) is 4.57. The lowest BCUT2D eigenvalue weighted by Crippen LogP contribution is -2.15. The molecule has 0 amide bonds. The Morgan fingerprint density at radius 1 is 0.917 bits per heavy atom. The highest BCUT2D eigenvalue weighted by Crippen LogP contribution is 2.25. The highest BCUT2D eigenvalue weighted by Gasteiger charge is 2.19. The molecule has 0 heterocycles. The topological polar surface area (TPSA) is 52.6 Å². The summed E-state index contributed by atoms with van der Waals surface area (Å²) in [6.07, 6.45) is 0. The van der Waals surface area contributed by atoms with E-state index < -0.39 is 11.8 Å². The number of rotatable bonds is 5. The summed E-state index contributed by atoms with van der Waals surface area (Å²) < 4.78 is 10.3. The van der Waals surface area contributed by atoms with Crippen molar-refractivity contribution in [2.24, 2.45) is 0 Å². The molecular weight excluding hydrogens is 304 g/mol. The number of ether oxygens (including phenoxy) is 2. The first kappa shape index (κ1) is 15.7. The maximum absolute atomic E-state index is 12.2. The van der Waals surface area contributed by atoms with Gasteiger partial charge in [-0.25, -0.2) is 4.79 Å². The molecular formula is C20H16O4. The number of fused-ring (bicyclic) bond motifs is 1. The Balaban J connectivity index is 1.91. The zero-order valence-corrected chi connectivity index (χ0v) is 13.2. The van der Waals surface area contributed by atoms with Gasteiger partial charge in [-0.2, -0.15) is 0 Å². The van der Waals surface area contributed by atoms with Crippen molar-refractivity contribution in [1.82, 2.24) is 0 Å². The van der Waals surface area contributed by atoms with Crippen LogP contribution in [0.4, 0.5) is 0 Å². The lowest BCUT2D eigenvalue weighted by Gasteiger charge is -2.09. The van der Waals surface area contributed by atoms with Gasteiger partial charge in [0.15, 0.2) is 0 Å². The normalized spacial score (nSPS) is 10.4. The number of hydrogen-bond donors (Lipinski definition) is 0. The van der Waals surface area contributed by atoms with Gasteiger partial charge < -0.3 is 9.47 Å². The average molecular weight is 320 g/mol. The molecule has 0 aliphatic carbocycles. The summed E-state index contributed by atoms with van der Waals surface area (Å²) in [5.41, 5.74) is 1.36. The van der Waals surface area contributed by atoms with Gasteiger partial charge in [0.25, 0.3) is 5.78 Å². The first-order valence-corrected chi connectivity index (χ1v) is 7.51. The summed E-state index contributed by atoms with van der Waals surface area (Å²) in [7, 11) is 1.19. The summed E-state index contributed by atoms with van der Waals surface area (Å²) in [5, 5.41) is 1.52. The largest absolute Gasteiger partial charge is 0.489 e. The van der Waals surface area contributed by atoms with Crippen molar-refractivity contribution < 1.29 is 19.1 Å². The van der Waals surface area contributed by atoms with Crippen molar-refractivity contribution in [3.05, 3.63) is 77.9 Å². The van der Waals surface area contributed by atoms with E-state index in [1.54, 1.807) is 18.2 Å². The maximum Gasteiger partial charge on any atom is 0.379 e. The third-order valence-electron chi connectivity index (χ3n) is 3.72. The fraction of sp³-hybridized carbons (Fsp3) is 0.100. The molecule has 4 nitrogen and oxygen atoms in total. The number of Topliss-reactive ketones (excluding diaryl/α,β-unsaturated/α-hetero) is 1. The van der Waals surface area contributed by atoms with Gasteiger partial charge in [0, 0.05) is 5.56 Å². The van der Waals surface area contributed by atoms with Crippen LogP contribution in [0.1, 0.15) is 15.9 Å². The van der Waals surface area contributed by atoms with Gasteiger partial charge in [0.2, 0.25) is 0 Å². The standard InChI is InChI=1S/C20H16O4/c1-23-20(22)19(21)17-9-5-8-15-10-11-16(12-18(15)17)24-13-14-6-3-2-4-7-14/h2-12H,13H2,1H3. The van der Waals surface area contributed by atoms with Gasteiger partial charge in [-0.1, -0.05) is 54.6 Å². The number of carbonyl (C=O) groups is 2. The van der Waals surface area contributed by atoms with Crippen molar-refractivity contribution in [2.75, 3.05) is 7.11 Å². The molecule has 0 fully saturated rings. The summed E-state index contributed by atoms with van der Waals surface area (Å²) in [5.74, 6) is -0.905. The van der Waals surface area contributed by atoms with Gasteiger partial charge in [-0.15, -0.1) is 0 Å². The Labute approximate surface area is 139 Å². The molecule has 3 rings (SSSR count). The molecule has 0 saturated heterocycles. The van der Waals surface area contributed by atoms with Crippen LogP contribution >= 0.6 is 0 Å². The molecule has 0 bridgehead atoms. The van der Waals surface area contributed by atoms with E-state index in [0.717, 1.165) is 10.9 Å². The Hall–Kier alpha value is -3.14. The van der Waals surface area contributed by atoms with Crippen LogP contribution in [0.25, 0.3) is 10.8 Å². The second-order valence-electron chi connectivity index (χ2n) is 5.28. The lowest BCUT2D eigenvalue weighted by molar-refractivity contribution is -0.135. The molecule has 0 atom stereocenters. The number of carbonyl (C=O) groups excluding carboxylic acids is 2. The molecule has 3 aromatic carbocycles. The Morgan fingerprint density at radius 2 is 1.71 bits per heavy atom. The van der Waals surface area contributed by atoms with Crippen LogP contribution in [0.3, 0.4) is 0 Å². The predicted molar refractivity (Wildman–Crippen MR) is 91.1 cm³/mol. The van der Waals surface area contributed by atoms with Gasteiger partial charge >= 0.3 is 5.97 Å². The number of methoxy groups -OCH3 is 1. The summed E-state index contributed by atoms with van der Waals surface area (Å²) in [6, 6.07) is 20.5. The minimum Gasteiger partial charge on any atom is -0.489 e. The Bertz CT molecular complexity index is 885. The monoisotopic (exact) mass is 320 g/mol. The van der Waals surface area contributed by atoms with Gasteiger partial charge in [0.05, 0.1) is 7.11 Å². The minimum absolute atomic E-state index is 0.310. The van der Waals surface area contributed by atoms with E-state index in [2.05, 4.69) is 4.74 Å². The second-order valence-corrected chi connectivity index (χ2v) is 5.28. The van der Waals surface area contributed by atoms with Crippen molar-refractivity contribution in [3.63, 3.8) is 0 Å². The molecule has 3 aromatic rings. The van der Waals surface area contributed by atoms with Crippen LogP contribution in [0.15, 0.2) is 66.7 Å². The summed E-state index contributed by atoms with van der Waals surface area (Å²) >= 11 is 0. The van der Waals surface area contributed by atoms with Crippen LogP contribution in [0.2, 0.25) is 0 Å². The van der Waals surface area contributed by atoms with E-state index in [-0.39, 0.29) is 0 Å². The molecule has 120 valence electrons. The molecule has 0 N–H and O–H groups in total. The van der Waals surface area contributed by atoms with E-state index in [0.29, 0.717) is 23.3 Å². The Morgan fingerprint density at radius 3 is 2.46 bits per heavy atom. The number of ketones is 1. The zero-order chi connectivity index (χ0) is 16.9. The van der Waals surface area contributed by atoms with Crippen molar-refractivity contribution in [3.8, 4) is 5.75 Å². The summed E-state index contributed by atoms with van der Waals surface area (Å²) in [6.45, 7) is 0.430. The third kappa shape index (κ3) is 3.27. The molecule has 0 spiro atoms. The van der Waals surface area contributed by atoms with Crippen LogP contribution in [-0.2, 0) is 16.1 Å². The first-order valence-electron chi connectivity index (χ1n) is 7.51. The third-order valence-corrected chi connectivity index (χ3v) is 3.72. The van der Waals surface area contributed by atoms with Crippen LogP contribution < -0.4 is 4.74 Å². The van der Waals surface area contributed by atoms with E-state index in [4.69, 9.17) is 4.74 Å². The van der Waals surface area contributed by atoms with Crippen LogP contribution in [0.5, 0.6) is 5.75 Å². The second kappa shape index (κ2) is 6.96. The fourth-order valence-electron chi connectivity index (χ4n) is 2.48. The number of esters is 1. The van der Waals surface area contributed by atoms with Crippen molar-refractivity contribution >= 4 is 22.5 Å². The molecule has 24 heavy (non-hydrogen) atoms. The fourth-order valence-corrected chi connectivity index (χ4v) is 2.48. The van der Waals surface area contributed by atoms with Gasteiger partial charge in [0.1, 0.15) is 12.4 Å². The van der Waals surface area contributed by atoms with E-state index in [9.17, 15) is 9.59 Å². The predicted octanol–water partition coefficient (Wildman–Crippen LogP) is 3.77. The highest BCUT2D eigenvalue weighted by atomic mass is 16.5. The smallest absolute Gasteiger partial charge is 0.379 e. The average Bonchev–Trinajstić information content (AvgIpc) is 2.65. The molecule has 0 aromatic heterocycles. The molecule has 0 saturated carbocycles. The SMILES string of the molecule is COC(=O)C(=O)c1cccc2ccc(OCc3ccccc3)cc12. The van der Waals surface area contributed by atoms with Gasteiger partial charge in [-0.3, -0.25) is 4.79 Å². The number of hydrogen-bond acceptors (Lipinski definition) is 4. The highest BCUT2D eigenvalue weighted by molar-refractivity contribution is 6.42. The summed E-state index contributed by atoms with van der Waals surface area (Å²) in [4.78, 5) is 23.7. The molecule has 0 unspecified atom stereocenters. The van der Waals surface area contributed by atoms with E-state index in [1.807, 2.05) is 48.5 Å². The minimum atomic E-state index is -0.877. The lowest BCUT2D eigenvalue weighted by atomic mass is 10.0. The maximum atomic E-state index is 12.2. The van der Waals surface area contributed by atoms with Crippen LogP contribution in [-0.4, -0.2) is 18.9 Å². The number of benzene rings is 3. The zero-order valence-electron chi connectivity index (χ0n) is 13.2. The van der Waals surface area contributed by atoms with Crippen molar-refractivity contribution in [2.45, 2.75) is 6.61 Å². The van der Waals surface area contributed by atoms with Crippen LogP contribution in [0, 0.1) is 0 Å². The molecule has 0 aliphatic heterocycles. The van der Waals surface area contributed by atoms with Gasteiger partial charge in [-0.05, 0) is 28.5 Å². The quantitative estimate of drug-likeness (QED) is 0.408. The first-order chi connectivity index (χ1) is 11.7. The molecule has 0 radical (unpaired) electrons. The van der Waals surface area contributed by atoms with E-state index in [1.165, 1.54) is 7.11 Å². The molecule has 4 heteroatoms. The van der Waals surface area contributed by atoms with E-state index >= 15 is 0 Å². The molecule has 0 aliphatic rings. The van der Waals surface area contributed by atoms with Crippen molar-refractivity contribution in [1.29, 1.82) is 0 Å².